The summed E-state index contributed by atoms with van der Waals surface area (Å²) < 4.78 is 0. The molecule has 0 radical (unpaired) electrons. The molecule has 1 fully saturated rings. The molecule has 2 unspecified atom stereocenters. The molecule has 20 heavy (non-hydrogen) atoms. The lowest BCUT2D eigenvalue weighted by atomic mass is 9.96. The minimum absolute atomic E-state index is 0.0628. The van der Waals surface area contributed by atoms with E-state index in [2.05, 4.69) is 10.3 Å². The monoisotopic (exact) mass is 297 g/mol. The van der Waals surface area contributed by atoms with Gasteiger partial charge < -0.3 is 15.3 Å². The van der Waals surface area contributed by atoms with Gasteiger partial charge >= 0.3 is 0 Å². The summed E-state index contributed by atoms with van der Waals surface area (Å²) in [4.78, 5) is 18.4. The topological polar surface area (TPSA) is 65.5 Å². The summed E-state index contributed by atoms with van der Waals surface area (Å²) in [5.41, 5.74) is 0.532. The summed E-state index contributed by atoms with van der Waals surface area (Å²) in [7, 11) is 0. The molecule has 0 saturated carbocycles. The van der Waals surface area contributed by atoms with Crippen LogP contribution in [0, 0.1) is 5.92 Å². The van der Waals surface area contributed by atoms with E-state index in [-0.39, 0.29) is 17.9 Å². The number of carbonyl (C=O) groups excluding carboxylic acids is 1. The first-order chi connectivity index (χ1) is 9.51. The lowest BCUT2D eigenvalue weighted by Crippen LogP contribution is -2.45. The van der Waals surface area contributed by atoms with Gasteiger partial charge in [0, 0.05) is 25.2 Å². The van der Waals surface area contributed by atoms with E-state index in [1.165, 1.54) is 0 Å². The molecule has 5 nitrogen and oxygen atoms in total. The Morgan fingerprint density at radius 3 is 3.00 bits per heavy atom. The molecule has 2 N–H and O–H groups in total. The largest absolute Gasteiger partial charge is 0.393 e. The highest BCUT2D eigenvalue weighted by Crippen LogP contribution is 2.21. The number of pyridine rings is 1. The Hall–Kier alpha value is -1.33. The normalized spacial score (nSPS) is 22.7. The minimum atomic E-state index is -0.322. The molecule has 0 bridgehead atoms. The van der Waals surface area contributed by atoms with Crippen molar-refractivity contribution in [2.45, 2.75) is 26.4 Å². The number of anilines is 1. The van der Waals surface area contributed by atoms with Crippen molar-refractivity contribution >= 4 is 23.3 Å². The summed E-state index contributed by atoms with van der Waals surface area (Å²) in [6, 6.07) is 3.30. The third-order valence-corrected chi connectivity index (χ3v) is 3.74. The molecule has 1 aliphatic heterocycles. The quantitative estimate of drug-likeness (QED) is 0.838. The van der Waals surface area contributed by atoms with Gasteiger partial charge in [-0.25, -0.2) is 4.98 Å². The zero-order chi connectivity index (χ0) is 14.7. The molecule has 1 aliphatic rings. The van der Waals surface area contributed by atoms with Gasteiger partial charge in [-0.15, -0.1) is 0 Å². The van der Waals surface area contributed by atoms with Crippen molar-refractivity contribution in [1.82, 2.24) is 9.88 Å². The molecule has 6 heteroatoms. The van der Waals surface area contributed by atoms with E-state index in [0.29, 0.717) is 42.6 Å². The number of nitrogens with one attached hydrogen (secondary N) is 1. The molecule has 0 spiro atoms. The Morgan fingerprint density at radius 2 is 2.35 bits per heavy atom. The molecule has 2 atom stereocenters. The number of likely N-dealkylation sites (tertiary alicyclic amines) is 1. The molecule has 110 valence electrons. The van der Waals surface area contributed by atoms with Gasteiger partial charge in [-0.1, -0.05) is 18.5 Å². The van der Waals surface area contributed by atoms with Gasteiger partial charge in [0.2, 0.25) is 0 Å². The number of rotatable bonds is 3. The maximum absolute atomic E-state index is 12.5. The van der Waals surface area contributed by atoms with E-state index < -0.39 is 0 Å². The molecule has 1 aromatic rings. The van der Waals surface area contributed by atoms with E-state index >= 15 is 0 Å². The molecule has 1 saturated heterocycles. The van der Waals surface area contributed by atoms with Crippen molar-refractivity contribution in [2.75, 3.05) is 25.0 Å². The smallest absolute Gasteiger partial charge is 0.254 e. The van der Waals surface area contributed by atoms with Crippen LogP contribution in [-0.4, -0.2) is 46.6 Å². The second-order valence-electron chi connectivity index (χ2n) is 5.18. The first-order valence-electron chi connectivity index (χ1n) is 6.90. The first-order valence-corrected chi connectivity index (χ1v) is 7.28. The van der Waals surface area contributed by atoms with Crippen LogP contribution in [0.5, 0.6) is 0 Å². The van der Waals surface area contributed by atoms with Gasteiger partial charge in [0.25, 0.3) is 5.91 Å². The standard InChI is InChI=1S/C14H20ClN3O2/c1-3-16-13-7-10(6-12(15)17-13)14(20)18-5-4-11(19)9(2)8-18/h6-7,9,11,19H,3-5,8H2,1-2H3,(H,16,17). The van der Waals surface area contributed by atoms with E-state index in [1.54, 1.807) is 17.0 Å². The van der Waals surface area contributed by atoms with Crippen LogP contribution in [0.3, 0.4) is 0 Å². The van der Waals surface area contributed by atoms with E-state index in [1.807, 2.05) is 13.8 Å². The van der Waals surface area contributed by atoms with Gasteiger partial charge in [0.1, 0.15) is 11.0 Å². The van der Waals surface area contributed by atoms with E-state index in [4.69, 9.17) is 11.6 Å². The van der Waals surface area contributed by atoms with Crippen LogP contribution in [0.25, 0.3) is 0 Å². The number of nitrogens with zero attached hydrogens (tertiary/aromatic N) is 2. The van der Waals surface area contributed by atoms with Crippen LogP contribution in [0.4, 0.5) is 5.82 Å². The Labute approximate surface area is 123 Å². The highest BCUT2D eigenvalue weighted by molar-refractivity contribution is 6.29. The fourth-order valence-electron chi connectivity index (χ4n) is 2.39. The first kappa shape index (κ1) is 15.1. The van der Waals surface area contributed by atoms with Crippen LogP contribution >= 0.6 is 11.6 Å². The molecule has 1 amide bonds. The van der Waals surface area contributed by atoms with Crippen molar-refractivity contribution in [2.24, 2.45) is 5.92 Å². The number of aliphatic hydroxyl groups excluding tert-OH is 1. The van der Waals surface area contributed by atoms with Crippen molar-refractivity contribution < 1.29 is 9.90 Å². The zero-order valence-electron chi connectivity index (χ0n) is 11.8. The number of amides is 1. The number of carbonyl (C=O) groups is 1. The highest BCUT2D eigenvalue weighted by Gasteiger charge is 2.28. The summed E-state index contributed by atoms with van der Waals surface area (Å²) in [5, 5.41) is 13.1. The molecular formula is C14H20ClN3O2. The Kier molecular flexibility index (Phi) is 4.83. The Bertz CT molecular complexity index is 495. The third-order valence-electron chi connectivity index (χ3n) is 3.55. The van der Waals surface area contributed by atoms with Crippen molar-refractivity contribution in [3.63, 3.8) is 0 Å². The van der Waals surface area contributed by atoms with Crippen LogP contribution < -0.4 is 5.32 Å². The van der Waals surface area contributed by atoms with Crippen LogP contribution in [0.2, 0.25) is 5.15 Å². The maximum atomic E-state index is 12.5. The lowest BCUT2D eigenvalue weighted by molar-refractivity contribution is 0.0297. The molecule has 0 aliphatic carbocycles. The molecule has 1 aromatic heterocycles. The number of hydrogen-bond acceptors (Lipinski definition) is 4. The number of halogens is 1. The van der Waals surface area contributed by atoms with Gasteiger partial charge in [-0.2, -0.15) is 0 Å². The molecule has 2 rings (SSSR count). The van der Waals surface area contributed by atoms with Gasteiger partial charge in [0.05, 0.1) is 6.10 Å². The number of aliphatic hydroxyl groups is 1. The predicted molar refractivity (Wildman–Crippen MR) is 79.1 cm³/mol. The van der Waals surface area contributed by atoms with Crippen LogP contribution in [0.1, 0.15) is 30.6 Å². The van der Waals surface area contributed by atoms with E-state index in [9.17, 15) is 9.90 Å². The van der Waals surface area contributed by atoms with Crippen molar-refractivity contribution in [3.8, 4) is 0 Å². The number of aromatic nitrogens is 1. The summed E-state index contributed by atoms with van der Waals surface area (Å²) >= 11 is 5.96. The highest BCUT2D eigenvalue weighted by atomic mass is 35.5. The molecule has 2 heterocycles. The third kappa shape index (κ3) is 3.41. The van der Waals surface area contributed by atoms with Gasteiger partial charge in [-0.3, -0.25) is 4.79 Å². The second-order valence-corrected chi connectivity index (χ2v) is 5.57. The average molecular weight is 298 g/mol. The fraction of sp³-hybridized carbons (Fsp3) is 0.571. The number of hydrogen-bond donors (Lipinski definition) is 2. The zero-order valence-corrected chi connectivity index (χ0v) is 12.5. The number of piperidine rings is 1. The average Bonchev–Trinajstić information content (AvgIpc) is 2.41. The second kappa shape index (κ2) is 6.41. The summed E-state index contributed by atoms with van der Waals surface area (Å²) in [5.74, 6) is 0.638. The maximum Gasteiger partial charge on any atom is 0.254 e. The Balaban J connectivity index is 2.16. The summed E-state index contributed by atoms with van der Waals surface area (Å²) in [6.45, 7) is 5.76. The fourth-order valence-corrected chi connectivity index (χ4v) is 2.60. The van der Waals surface area contributed by atoms with Crippen LogP contribution in [0.15, 0.2) is 12.1 Å². The van der Waals surface area contributed by atoms with Crippen molar-refractivity contribution in [1.29, 1.82) is 0 Å². The predicted octanol–water partition coefficient (Wildman–Crippen LogP) is 2.01. The minimum Gasteiger partial charge on any atom is -0.393 e. The molecule has 0 aromatic carbocycles. The lowest BCUT2D eigenvalue weighted by Gasteiger charge is -2.34. The van der Waals surface area contributed by atoms with Gasteiger partial charge in [0.15, 0.2) is 0 Å². The SMILES string of the molecule is CCNc1cc(C(=O)N2CCC(O)C(C)C2)cc(Cl)n1. The molecular weight excluding hydrogens is 278 g/mol. The Morgan fingerprint density at radius 1 is 1.60 bits per heavy atom. The van der Waals surface area contributed by atoms with Gasteiger partial charge in [-0.05, 0) is 31.4 Å². The van der Waals surface area contributed by atoms with Crippen molar-refractivity contribution in [3.05, 3.63) is 22.8 Å². The van der Waals surface area contributed by atoms with E-state index in [0.717, 1.165) is 0 Å². The van der Waals surface area contributed by atoms with Crippen LogP contribution in [-0.2, 0) is 0 Å². The summed E-state index contributed by atoms with van der Waals surface area (Å²) in [6.07, 6.45) is 0.295.